The lowest BCUT2D eigenvalue weighted by Crippen LogP contribution is -2.37. The van der Waals surface area contributed by atoms with Gasteiger partial charge >= 0.3 is 6.03 Å². The number of aromatic nitrogens is 3. The second kappa shape index (κ2) is 7.35. The molecule has 26 heavy (non-hydrogen) atoms. The highest BCUT2D eigenvalue weighted by Gasteiger charge is 2.12. The Balaban J connectivity index is 1.90. The van der Waals surface area contributed by atoms with Crippen LogP contribution in [0.15, 0.2) is 36.5 Å². The summed E-state index contributed by atoms with van der Waals surface area (Å²) in [5.41, 5.74) is 4.44. The maximum atomic E-state index is 12.0. The molecule has 3 rings (SSSR count). The highest BCUT2D eigenvalue weighted by molar-refractivity contribution is 5.91. The summed E-state index contributed by atoms with van der Waals surface area (Å²) < 4.78 is 0. The molecule has 0 unspecified atom stereocenters. The molecule has 0 aliphatic rings. The van der Waals surface area contributed by atoms with Crippen molar-refractivity contribution in [2.24, 2.45) is 0 Å². The van der Waals surface area contributed by atoms with Gasteiger partial charge in [-0.1, -0.05) is 6.07 Å². The number of benzene rings is 1. The van der Waals surface area contributed by atoms with E-state index >= 15 is 0 Å². The number of rotatable bonds is 4. The van der Waals surface area contributed by atoms with Crippen molar-refractivity contribution >= 4 is 34.5 Å². The number of hydrogen-bond acceptors (Lipinski definition) is 5. The Bertz CT molecular complexity index is 936. The van der Waals surface area contributed by atoms with Crippen molar-refractivity contribution < 1.29 is 4.79 Å². The summed E-state index contributed by atoms with van der Waals surface area (Å²) >= 11 is 0. The van der Waals surface area contributed by atoms with Crippen molar-refractivity contribution in [3.63, 3.8) is 0 Å². The quantitative estimate of drug-likeness (QED) is 0.752. The summed E-state index contributed by atoms with van der Waals surface area (Å²) in [4.78, 5) is 26.8. The van der Waals surface area contributed by atoms with Gasteiger partial charge in [-0.15, -0.1) is 0 Å². The molecular weight excluding hydrogens is 328 g/mol. The molecule has 0 aliphatic heterocycles. The van der Waals surface area contributed by atoms with E-state index in [1.54, 1.807) is 25.4 Å². The molecule has 0 atom stereocenters. The van der Waals surface area contributed by atoms with E-state index in [9.17, 15) is 4.79 Å². The van der Waals surface area contributed by atoms with Gasteiger partial charge in [0.15, 0.2) is 11.5 Å². The Morgan fingerprint density at radius 2 is 1.85 bits per heavy atom. The molecule has 0 spiro atoms. The van der Waals surface area contributed by atoms with Gasteiger partial charge in [-0.2, -0.15) is 0 Å². The van der Waals surface area contributed by atoms with E-state index < -0.39 is 0 Å². The predicted octanol–water partition coefficient (Wildman–Crippen LogP) is 3.55. The van der Waals surface area contributed by atoms with Crippen LogP contribution in [0, 0.1) is 13.8 Å². The van der Waals surface area contributed by atoms with E-state index in [0.29, 0.717) is 29.3 Å². The maximum Gasteiger partial charge on any atom is 0.322 e. The molecule has 0 saturated heterocycles. The van der Waals surface area contributed by atoms with E-state index in [-0.39, 0.29) is 6.03 Å². The Morgan fingerprint density at radius 3 is 2.54 bits per heavy atom. The number of hydrogen-bond donors (Lipinski definition) is 2. The minimum absolute atomic E-state index is 0.211. The molecule has 0 fully saturated rings. The number of amides is 2. The summed E-state index contributed by atoms with van der Waals surface area (Å²) in [6, 6.07) is 9.56. The zero-order chi connectivity index (χ0) is 18.7. The maximum absolute atomic E-state index is 12.0. The number of anilines is 3. The van der Waals surface area contributed by atoms with E-state index in [4.69, 9.17) is 0 Å². The van der Waals surface area contributed by atoms with Crippen LogP contribution >= 0.6 is 0 Å². The highest BCUT2D eigenvalue weighted by atomic mass is 16.2. The van der Waals surface area contributed by atoms with Gasteiger partial charge in [-0.25, -0.2) is 19.7 Å². The zero-order valence-corrected chi connectivity index (χ0v) is 15.4. The molecular formula is C19H22N6O. The number of urea groups is 1. The molecule has 0 saturated carbocycles. The Hall–Kier alpha value is -3.22. The fraction of sp³-hybridized carbons (Fsp3) is 0.263. The van der Waals surface area contributed by atoms with Crippen LogP contribution < -0.4 is 15.5 Å². The molecule has 2 aromatic heterocycles. The van der Waals surface area contributed by atoms with Crippen LogP contribution in [-0.2, 0) is 0 Å². The van der Waals surface area contributed by atoms with Gasteiger partial charge in [0, 0.05) is 19.3 Å². The van der Waals surface area contributed by atoms with Crippen LogP contribution in [0.2, 0.25) is 0 Å². The number of fused-ring (bicyclic) bond motifs is 1. The molecule has 0 aliphatic carbocycles. The van der Waals surface area contributed by atoms with Crippen LogP contribution in [0.4, 0.5) is 22.1 Å². The second-order valence-corrected chi connectivity index (χ2v) is 6.16. The van der Waals surface area contributed by atoms with Crippen LogP contribution in [0.25, 0.3) is 11.2 Å². The highest BCUT2D eigenvalue weighted by Crippen LogP contribution is 2.20. The van der Waals surface area contributed by atoms with Gasteiger partial charge in [0.2, 0.25) is 0 Å². The molecule has 3 aromatic rings. The summed E-state index contributed by atoms with van der Waals surface area (Å²) in [5, 5.41) is 6.01. The summed E-state index contributed by atoms with van der Waals surface area (Å²) in [6.07, 6.45) is 1.68. The van der Waals surface area contributed by atoms with Gasteiger partial charge in [-0.05, 0) is 56.2 Å². The normalized spacial score (nSPS) is 10.6. The summed E-state index contributed by atoms with van der Waals surface area (Å²) in [6.45, 7) is 6.53. The Morgan fingerprint density at radius 1 is 1.12 bits per heavy atom. The van der Waals surface area contributed by atoms with Gasteiger partial charge in [-0.3, -0.25) is 4.90 Å². The van der Waals surface area contributed by atoms with Gasteiger partial charge in [0.25, 0.3) is 0 Å². The van der Waals surface area contributed by atoms with Gasteiger partial charge in [0.1, 0.15) is 11.3 Å². The molecule has 134 valence electrons. The number of nitrogens with zero attached hydrogens (tertiary/aromatic N) is 4. The molecule has 7 nitrogen and oxygen atoms in total. The number of carbonyl (C=O) groups excluding carboxylic acids is 1. The van der Waals surface area contributed by atoms with Crippen molar-refractivity contribution in [3.05, 3.63) is 47.7 Å². The van der Waals surface area contributed by atoms with Crippen molar-refractivity contribution in [1.82, 2.24) is 20.3 Å². The molecule has 2 amide bonds. The molecule has 2 N–H and O–H groups in total. The van der Waals surface area contributed by atoms with Gasteiger partial charge < -0.3 is 10.6 Å². The lowest BCUT2D eigenvalue weighted by atomic mass is 10.1. The minimum atomic E-state index is -0.211. The Labute approximate surface area is 152 Å². The van der Waals surface area contributed by atoms with Crippen molar-refractivity contribution in [1.29, 1.82) is 0 Å². The number of carbonyl (C=O) groups is 1. The first-order valence-corrected chi connectivity index (χ1v) is 8.47. The first-order chi connectivity index (χ1) is 12.5. The van der Waals surface area contributed by atoms with Crippen LogP contribution in [0.5, 0.6) is 0 Å². The van der Waals surface area contributed by atoms with Crippen molar-refractivity contribution in [2.75, 3.05) is 23.8 Å². The third-order valence-corrected chi connectivity index (χ3v) is 3.86. The number of aryl methyl sites for hydroxylation is 2. The second-order valence-electron chi connectivity index (χ2n) is 6.16. The van der Waals surface area contributed by atoms with E-state index in [2.05, 4.69) is 45.5 Å². The van der Waals surface area contributed by atoms with Crippen LogP contribution in [0.3, 0.4) is 0 Å². The monoisotopic (exact) mass is 350 g/mol. The first-order valence-electron chi connectivity index (χ1n) is 8.47. The predicted molar refractivity (Wildman–Crippen MR) is 104 cm³/mol. The minimum Gasteiger partial charge on any atom is -0.339 e. The fourth-order valence-electron chi connectivity index (χ4n) is 2.70. The average molecular weight is 350 g/mol. The lowest BCUT2D eigenvalue weighted by molar-refractivity contribution is 0.248. The van der Waals surface area contributed by atoms with Crippen molar-refractivity contribution in [3.8, 4) is 0 Å². The smallest absolute Gasteiger partial charge is 0.322 e. The largest absolute Gasteiger partial charge is 0.339 e. The fourth-order valence-corrected chi connectivity index (χ4v) is 2.70. The van der Waals surface area contributed by atoms with Crippen LogP contribution in [-0.4, -0.2) is 34.6 Å². The average Bonchev–Trinajstić information content (AvgIpc) is 2.59. The third-order valence-electron chi connectivity index (χ3n) is 3.86. The van der Waals surface area contributed by atoms with E-state index in [1.165, 1.54) is 16.0 Å². The molecule has 2 heterocycles. The number of pyridine rings is 1. The standard InChI is InChI=1S/C19H22N6O/c1-5-20-19(26)25(4)17-7-6-15-18(24-17)23-16(11-21-15)22-14-9-12(2)8-13(3)10-14/h6-11H,5H2,1-4H3,(H,20,26)(H,22,23,24). The first kappa shape index (κ1) is 17.6. The zero-order valence-electron chi connectivity index (χ0n) is 15.4. The van der Waals surface area contributed by atoms with Crippen molar-refractivity contribution in [2.45, 2.75) is 20.8 Å². The van der Waals surface area contributed by atoms with E-state index in [1.807, 2.05) is 19.1 Å². The summed E-state index contributed by atoms with van der Waals surface area (Å²) in [7, 11) is 1.67. The van der Waals surface area contributed by atoms with E-state index in [0.717, 1.165) is 5.69 Å². The summed E-state index contributed by atoms with van der Waals surface area (Å²) in [5.74, 6) is 1.12. The molecule has 0 radical (unpaired) electrons. The molecule has 0 bridgehead atoms. The lowest BCUT2D eigenvalue weighted by Gasteiger charge is -2.16. The third kappa shape index (κ3) is 3.88. The molecule has 7 heteroatoms. The Kier molecular flexibility index (Phi) is 4.97. The number of nitrogens with one attached hydrogen (secondary N) is 2. The topological polar surface area (TPSA) is 83.0 Å². The molecule has 1 aromatic carbocycles. The van der Waals surface area contributed by atoms with Crippen LogP contribution in [0.1, 0.15) is 18.1 Å². The SMILES string of the molecule is CCNC(=O)N(C)c1ccc2ncc(Nc3cc(C)cc(C)c3)nc2n1. The van der Waals surface area contributed by atoms with Gasteiger partial charge in [0.05, 0.1) is 6.20 Å².